The highest BCUT2D eigenvalue weighted by molar-refractivity contribution is 9.10. The van der Waals surface area contributed by atoms with E-state index in [0.29, 0.717) is 5.56 Å². The van der Waals surface area contributed by atoms with E-state index in [-0.39, 0.29) is 11.8 Å². The Bertz CT molecular complexity index is 422. The topological polar surface area (TPSA) is 35.5 Å². The SMILES string of the molecule is Cc1ccc(Br)c([C@H](CF)N2CCNCC2)c1O. The number of piperazine rings is 1. The van der Waals surface area contributed by atoms with Crippen LogP contribution in [0.2, 0.25) is 0 Å². The number of benzene rings is 1. The van der Waals surface area contributed by atoms with Gasteiger partial charge in [0.1, 0.15) is 12.4 Å². The van der Waals surface area contributed by atoms with Crippen LogP contribution in [0.4, 0.5) is 4.39 Å². The molecule has 0 spiro atoms. The lowest BCUT2D eigenvalue weighted by atomic mass is 10.0. The second-order valence-electron chi connectivity index (χ2n) is 4.58. The van der Waals surface area contributed by atoms with E-state index in [1.54, 1.807) is 0 Å². The van der Waals surface area contributed by atoms with Crippen molar-refractivity contribution < 1.29 is 9.50 Å². The van der Waals surface area contributed by atoms with Gasteiger partial charge in [0.25, 0.3) is 0 Å². The molecule has 0 bridgehead atoms. The number of aromatic hydroxyl groups is 1. The second-order valence-corrected chi connectivity index (χ2v) is 5.44. The van der Waals surface area contributed by atoms with Gasteiger partial charge in [-0.3, -0.25) is 4.90 Å². The highest BCUT2D eigenvalue weighted by atomic mass is 79.9. The van der Waals surface area contributed by atoms with Gasteiger partial charge in [-0.15, -0.1) is 0 Å². The minimum absolute atomic E-state index is 0.200. The molecule has 0 aliphatic carbocycles. The van der Waals surface area contributed by atoms with Crippen molar-refractivity contribution in [2.45, 2.75) is 13.0 Å². The molecule has 2 N–H and O–H groups in total. The lowest BCUT2D eigenvalue weighted by molar-refractivity contribution is 0.144. The monoisotopic (exact) mass is 316 g/mol. The Balaban J connectivity index is 2.34. The molecule has 3 nitrogen and oxygen atoms in total. The largest absolute Gasteiger partial charge is 0.507 e. The average molecular weight is 317 g/mol. The molecular weight excluding hydrogens is 299 g/mol. The third-order valence-corrected chi connectivity index (χ3v) is 4.13. The van der Waals surface area contributed by atoms with Crippen molar-refractivity contribution in [2.24, 2.45) is 0 Å². The number of nitrogens with zero attached hydrogens (tertiary/aromatic N) is 1. The third kappa shape index (κ3) is 2.68. The van der Waals surface area contributed by atoms with Crippen molar-refractivity contribution in [1.29, 1.82) is 0 Å². The lowest BCUT2D eigenvalue weighted by Gasteiger charge is -2.34. The number of hydrogen-bond donors (Lipinski definition) is 2. The van der Waals surface area contributed by atoms with Crippen LogP contribution in [0, 0.1) is 6.92 Å². The first-order valence-corrected chi connectivity index (χ1v) is 6.93. The summed E-state index contributed by atoms with van der Waals surface area (Å²) < 4.78 is 14.2. The summed E-state index contributed by atoms with van der Waals surface area (Å²) in [4.78, 5) is 2.08. The lowest BCUT2D eigenvalue weighted by Crippen LogP contribution is -2.45. The second kappa shape index (κ2) is 5.99. The molecular formula is C13H18BrFN2O. The van der Waals surface area contributed by atoms with E-state index in [0.717, 1.165) is 36.2 Å². The fraction of sp³-hybridized carbons (Fsp3) is 0.538. The standard InChI is InChI=1S/C13H18BrFN2O/c1-9-2-3-10(14)12(13(9)18)11(8-15)17-6-4-16-5-7-17/h2-3,11,16,18H,4-8H2,1H3/t11-/m0/s1. The Labute approximate surface area is 115 Å². The molecule has 0 radical (unpaired) electrons. The van der Waals surface area contributed by atoms with Gasteiger partial charge in [-0.1, -0.05) is 22.0 Å². The number of aryl methyl sites for hydroxylation is 1. The van der Waals surface area contributed by atoms with E-state index in [1.807, 2.05) is 19.1 Å². The molecule has 1 saturated heterocycles. The third-order valence-electron chi connectivity index (χ3n) is 3.44. The minimum Gasteiger partial charge on any atom is -0.507 e. The summed E-state index contributed by atoms with van der Waals surface area (Å²) in [6, 6.07) is 3.33. The van der Waals surface area contributed by atoms with E-state index in [1.165, 1.54) is 0 Å². The fourth-order valence-corrected chi connectivity index (χ4v) is 2.94. The van der Waals surface area contributed by atoms with Crippen LogP contribution in [-0.4, -0.2) is 42.9 Å². The minimum atomic E-state index is -0.490. The van der Waals surface area contributed by atoms with Gasteiger partial charge in [-0.25, -0.2) is 4.39 Å². The highest BCUT2D eigenvalue weighted by Gasteiger charge is 2.26. The zero-order valence-electron chi connectivity index (χ0n) is 10.4. The van der Waals surface area contributed by atoms with Crippen molar-refractivity contribution in [1.82, 2.24) is 10.2 Å². The van der Waals surface area contributed by atoms with Crippen molar-refractivity contribution in [3.05, 3.63) is 27.7 Å². The Morgan fingerprint density at radius 1 is 1.44 bits per heavy atom. The van der Waals surface area contributed by atoms with E-state index in [9.17, 15) is 9.50 Å². The number of alkyl halides is 1. The number of nitrogens with one attached hydrogen (secondary N) is 1. The Hall–Kier alpha value is -0.650. The van der Waals surface area contributed by atoms with Crippen LogP contribution < -0.4 is 5.32 Å². The quantitative estimate of drug-likeness (QED) is 0.898. The van der Waals surface area contributed by atoms with Crippen molar-refractivity contribution in [3.63, 3.8) is 0 Å². The van der Waals surface area contributed by atoms with E-state index in [2.05, 4.69) is 26.1 Å². The molecule has 18 heavy (non-hydrogen) atoms. The number of phenols is 1. The van der Waals surface area contributed by atoms with Crippen LogP contribution in [0.1, 0.15) is 17.2 Å². The van der Waals surface area contributed by atoms with Crippen molar-refractivity contribution >= 4 is 15.9 Å². The molecule has 100 valence electrons. The number of phenolic OH excluding ortho intramolecular Hbond substituents is 1. The van der Waals surface area contributed by atoms with Gasteiger partial charge in [-0.05, 0) is 18.6 Å². The van der Waals surface area contributed by atoms with E-state index >= 15 is 0 Å². The molecule has 2 rings (SSSR count). The van der Waals surface area contributed by atoms with Gasteiger partial charge >= 0.3 is 0 Å². The van der Waals surface area contributed by atoms with Crippen LogP contribution >= 0.6 is 15.9 Å². The molecule has 1 aromatic rings. The molecule has 1 aliphatic heterocycles. The maximum absolute atomic E-state index is 13.4. The number of hydrogen-bond acceptors (Lipinski definition) is 3. The summed E-state index contributed by atoms with van der Waals surface area (Å²) in [6.45, 7) is 4.66. The van der Waals surface area contributed by atoms with Gasteiger partial charge in [-0.2, -0.15) is 0 Å². The van der Waals surface area contributed by atoms with Gasteiger partial charge < -0.3 is 10.4 Å². The number of rotatable bonds is 3. The molecule has 0 aromatic heterocycles. The fourth-order valence-electron chi connectivity index (χ4n) is 2.36. The zero-order valence-corrected chi connectivity index (χ0v) is 12.0. The molecule has 0 saturated carbocycles. The molecule has 1 heterocycles. The van der Waals surface area contributed by atoms with Crippen molar-refractivity contribution in [3.8, 4) is 5.75 Å². The summed E-state index contributed by atoms with van der Waals surface area (Å²) in [6.07, 6.45) is 0. The van der Waals surface area contributed by atoms with Crippen LogP contribution in [0.5, 0.6) is 5.75 Å². The maximum atomic E-state index is 13.4. The summed E-state index contributed by atoms with van der Waals surface area (Å²) in [5.74, 6) is 0.200. The molecule has 1 aliphatic rings. The van der Waals surface area contributed by atoms with E-state index < -0.39 is 6.67 Å². The summed E-state index contributed by atoms with van der Waals surface area (Å²) >= 11 is 3.42. The zero-order chi connectivity index (χ0) is 13.1. The van der Waals surface area contributed by atoms with E-state index in [4.69, 9.17) is 0 Å². The predicted octanol–water partition coefficient (Wildman–Crippen LogP) is 2.38. The van der Waals surface area contributed by atoms with Gasteiger partial charge in [0.05, 0.1) is 6.04 Å². The number of halogens is 2. The molecule has 1 aromatic carbocycles. The van der Waals surface area contributed by atoms with Gasteiger partial charge in [0, 0.05) is 36.2 Å². The highest BCUT2D eigenvalue weighted by Crippen LogP contribution is 2.37. The first-order chi connectivity index (χ1) is 8.65. The molecule has 0 unspecified atom stereocenters. The average Bonchev–Trinajstić information content (AvgIpc) is 2.40. The Morgan fingerprint density at radius 2 is 2.11 bits per heavy atom. The van der Waals surface area contributed by atoms with Gasteiger partial charge in [0.15, 0.2) is 0 Å². The molecule has 0 amide bonds. The Kier molecular flexibility index (Phi) is 4.59. The molecule has 1 fully saturated rings. The van der Waals surface area contributed by atoms with Crippen LogP contribution in [0.3, 0.4) is 0 Å². The Morgan fingerprint density at radius 3 is 2.72 bits per heavy atom. The van der Waals surface area contributed by atoms with Crippen molar-refractivity contribution in [2.75, 3.05) is 32.9 Å². The van der Waals surface area contributed by atoms with Crippen LogP contribution in [-0.2, 0) is 0 Å². The van der Waals surface area contributed by atoms with Crippen LogP contribution in [0.25, 0.3) is 0 Å². The first kappa shape index (κ1) is 13.8. The van der Waals surface area contributed by atoms with Gasteiger partial charge in [0.2, 0.25) is 0 Å². The summed E-state index contributed by atoms with van der Waals surface area (Å²) in [5.41, 5.74) is 1.45. The van der Waals surface area contributed by atoms with Crippen LogP contribution in [0.15, 0.2) is 16.6 Å². The predicted molar refractivity (Wildman–Crippen MR) is 73.7 cm³/mol. The summed E-state index contributed by atoms with van der Waals surface area (Å²) in [5, 5.41) is 13.4. The summed E-state index contributed by atoms with van der Waals surface area (Å²) in [7, 11) is 0. The maximum Gasteiger partial charge on any atom is 0.124 e. The molecule has 5 heteroatoms. The smallest absolute Gasteiger partial charge is 0.124 e. The first-order valence-electron chi connectivity index (χ1n) is 6.14. The molecule has 1 atom stereocenters. The normalized spacial score (nSPS) is 18.8.